The molecule has 5 heteroatoms. The normalized spacial score (nSPS) is 10.2. The summed E-state index contributed by atoms with van der Waals surface area (Å²) in [7, 11) is 0. The van der Waals surface area contributed by atoms with E-state index >= 15 is 0 Å². The second kappa shape index (κ2) is 6.33. The van der Waals surface area contributed by atoms with Crippen LogP contribution in [0, 0.1) is 6.92 Å². The van der Waals surface area contributed by atoms with Crippen LogP contribution in [0.15, 0.2) is 41.7 Å². The van der Waals surface area contributed by atoms with E-state index in [2.05, 4.69) is 22.2 Å². The van der Waals surface area contributed by atoms with Crippen LogP contribution >= 0.6 is 11.8 Å². The lowest BCUT2D eigenvalue weighted by atomic mass is 10.2. The summed E-state index contributed by atoms with van der Waals surface area (Å²) in [6, 6.07) is 7.77. The summed E-state index contributed by atoms with van der Waals surface area (Å²) in [5.74, 6) is 0.780. The van der Waals surface area contributed by atoms with E-state index in [0.717, 1.165) is 16.3 Å². The molecule has 0 spiro atoms. The number of carbonyl (C=O) groups is 1. The van der Waals surface area contributed by atoms with Crippen LogP contribution in [-0.4, -0.2) is 21.6 Å². The quantitative estimate of drug-likeness (QED) is 0.869. The number of hydrogen-bond acceptors (Lipinski definition) is 4. The summed E-state index contributed by atoms with van der Waals surface area (Å²) >= 11 is 1.70. The second-order valence-corrected chi connectivity index (χ2v) is 5.21. The molecule has 0 saturated heterocycles. The molecule has 1 aromatic heterocycles. The molecule has 0 aliphatic heterocycles. The number of nitrogens with one attached hydrogen (secondary N) is 1. The van der Waals surface area contributed by atoms with Gasteiger partial charge in [-0.3, -0.25) is 4.79 Å². The van der Waals surface area contributed by atoms with Crippen molar-refractivity contribution in [3.8, 4) is 0 Å². The van der Waals surface area contributed by atoms with E-state index in [4.69, 9.17) is 0 Å². The van der Waals surface area contributed by atoms with Crippen molar-refractivity contribution < 1.29 is 4.79 Å². The average molecular weight is 273 g/mol. The second-order valence-electron chi connectivity index (χ2n) is 3.91. The minimum absolute atomic E-state index is 0.178. The summed E-state index contributed by atoms with van der Waals surface area (Å²) in [4.78, 5) is 21.2. The van der Waals surface area contributed by atoms with Gasteiger partial charge in [-0.2, -0.15) is 0 Å². The Bertz CT molecular complexity index is 586. The van der Waals surface area contributed by atoms with Crippen molar-refractivity contribution in [3.05, 3.63) is 48.0 Å². The van der Waals surface area contributed by atoms with Gasteiger partial charge in [-0.15, -0.1) is 11.8 Å². The molecule has 1 N–H and O–H groups in total. The Labute approximate surface area is 116 Å². The molecule has 0 aliphatic rings. The van der Waals surface area contributed by atoms with Crippen LogP contribution in [0.3, 0.4) is 0 Å². The van der Waals surface area contributed by atoms with Crippen molar-refractivity contribution in [3.63, 3.8) is 0 Å². The SMILES string of the molecule is CCSc1ccccc1NC(=O)c1cncnc1C. The van der Waals surface area contributed by atoms with Crippen LogP contribution in [-0.2, 0) is 0 Å². The van der Waals surface area contributed by atoms with Crippen LogP contribution < -0.4 is 5.32 Å². The number of nitrogens with zero attached hydrogens (tertiary/aromatic N) is 2. The maximum Gasteiger partial charge on any atom is 0.259 e. The first kappa shape index (κ1) is 13.5. The largest absolute Gasteiger partial charge is 0.321 e. The van der Waals surface area contributed by atoms with Crippen LogP contribution in [0.25, 0.3) is 0 Å². The molecule has 0 saturated carbocycles. The number of rotatable bonds is 4. The third-order valence-corrected chi connectivity index (χ3v) is 3.55. The standard InChI is InChI=1S/C14H15N3OS/c1-3-19-13-7-5-4-6-12(13)17-14(18)11-8-15-9-16-10(11)2/h4-9H,3H2,1-2H3,(H,17,18). The Morgan fingerprint density at radius 2 is 2.16 bits per heavy atom. The van der Waals surface area contributed by atoms with Gasteiger partial charge < -0.3 is 5.32 Å². The van der Waals surface area contributed by atoms with Crippen molar-refractivity contribution in [2.45, 2.75) is 18.7 Å². The predicted octanol–water partition coefficient (Wildman–Crippen LogP) is 3.15. The molecule has 0 unspecified atom stereocenters. The highest BCUT2D eigenvalue weighted by molar-refractivity contribution is 7.99. The van der Waals surface area contributed by atoms with Crippen molar-refractivity contribution in [2.24, 2.45) is 0 Å². The molecule has 19 heavy (non-hydrogen) atoms. The van der Waals surface area contributed by atoms with Gasteiger partial charge in [0.25, 0.3) is 5.91 Å². The minimum Gasteiger partial charge on any atom is -0.321 e. The van der Waals surface area contributed by atoms with Gasteiger partial charge in [0.15, 0.2) is 0 Å². The van der Waals surface area contributed by atoms with E-state index in [1.165, 1.54) is 12.5 Å². The first-order chi connectivity index (χ1) is 9.22. The Balaban J connectivity index is 2.22. The van der Waals surface area contributed by atoms with Gasteiger partial charge in [0.05, 0.1) is 16.9 Å². The summed E-state index contributed by atoms with van der Waals surface area (Å²) in [6.45, 7) is 3.88. The molecule has 0 bridgehead atoms. The number of para-hydroxylation sites is 1. The van der Waals surface area contributed by atoms with Crippen LogP contribution in [0.1, 0.15) is 23.0 Å². The topological polar surface area (TPSA) is 54.9 Å². The Kier molecular flexibility index (Phi) is 4.52. The Hall–Kier alpha value is -1.88. The van der Waals surface area contributed by atoms with E-state index in [-0.39, 0.29) is 5.91 Å². The molecule has 1 amide bonds. The maximum atomic E-state index is 12.2. The predicted molar refractivity (Wildman–Crippen MR) is 77.6 cm³/mol. The molecule has 2 rings (SSSR count). The zero-order valence-corrected chi connectivity index (χ0v) is 11.7. The van der Waals surface area contributed by atoms with Gasteiger partial charge in [0.2, 0.25) is 0 Å². The molecule has 4 nitrogen and oxygen atoms in total. The number of hydrogen-bond donors (Lipinski definition) is 1. The van der Waals surface area contributed by atoms with Gasteiger partial charge in [0, 0.05) is 11.1 Å². The first-order valence-corrected chi connectivity index (χ1v) is 7.00. The molecule has 0 aliphatic carbocycles. The number of aromatic nitrogens is 2. The van der Waals surface area contributed by atoms with E-state index in [0.29, 0.717) is 11.3 Å². The number of thioether (sulfide) groups is 1. The Morgan fingerprint density at radius 3 is 2.89 bits per heavy atom. The molecule has 98 valence electrons. The van der Waals surface area contributed by atoms with Crippen LogP contribution in [0.2, 0.25) is 0 Å². The first-order valence-electron chi connectivity index (χ1n) is 6.02. The summed E-state index contributed by atoms with van der Waals surface area (Å²) in [6.07, 6.45) is 2.97. The molecular weight excluding hydrogens is 258 g/mol. The number of amides is 1. The lowest BCUT2D eigenvalue weighted by Gasteiger charge is -2.10. The van der Waals surface area contributed by atoms with Gasteiger partial charge in [0.1, 0.15) is 6.33 Å². The van der Waals surface area contributed by atoms with Gasteiger partial charge in [-0.25, -0.2) is 9.97 Å². The molecule has 1 heterocycles. The minimum atomic E-state index is -0.178. The Morgan fingerprint density at radius 1 is 1.37 bits per heavy atom. The molecular formula is C14H15N3OS. The number of benzene rings is 1. The smallest absolute Gasteiger partial charge is 0.259 e. The van der Waals surface area contributed by atoms with E-state index < -0.39 is 0 Å². The zero-order valence-electron chi connectivity index (χ0n) is 10.9. The fourth-order valence-electron chi connectivity index (χ4n) is 1.65. The van der Waals surface area contributed by atoms with Gasteiger partial charge in [-0.05, 0) is 24.8 Å². The summed E-state index contributed by atoms with van der Waals surface area (Å²) < 4.78 is 0. The van der Waals surface area contributed by atoms with Crippen molar-refractivity contribution in [2.75, 3.05) is 11.1 Å². The third-order valence-electron chi connectivity index (χ3n) is 2.59. The van der Waals surface area contributed by atoms with E-state index in [1.807, 2.05) is 24.3 Å². The fourth-order valence-corrected chi connectivity index (χ4v) is 2.41. The lowest BCUT2D eigenvalue weighted by Crippen LogP contribution is -2.15. The number of anilines is 1. The fraction of sp³-hybridized carbons (Fsp3) is 0.214. The van der Waals surface area contributed by atoms with Gasteiger partial charge >= 0.3 is 0 Å². The highest BCUT2D eigenvalue weighted by Crippen LogP contribution is 2.27. The van der Waals surface area contributed by atoms with Crippen molar-refractivity contribution >= 4 is 23.4 Å². The molecule has 0 fully saturated rings. The van der Waals surface area contributed by atoms with Crippen molar-refractivity contribution in [1.82, 2.24) is 9.97 Å². The maximum absolute atomic E-state index is 12.2. The monoisotopic (exact) mass is 273 g/mol. The number of aryl methyl sites for hydroxylation is 1. The molecule has 2 aromatic rings. The number of carbonyl (C=O) groups excluding carboxylic acids is 1. The lowest BCUT2D eigenvalue weighted by molar-refractivity contribution is 0.102. The average Bonchev–Trinajstić information content (AvgIpc) is 2.41. The summed E-state index contributed by atoms with van der Waals surface area (Å²) in [5.41, 5.74) is 1.99. The molecule has 1 aromatic carbocycles. The van der Waals surface area contributed by atoms with Crippen LogP contribution in [0.4, 0.5) is 5.69 Å². The highest BCUT2D eigenvalue weighted by Gasteiger charge is 2.12. The highest BCUT2D eigenvalue weighted by atomic mass is 32.2. The van der Waals surface area contributed by atoms with Crippen LogP contribution in [0.5, 0.6) is 0 Å². The van der Waals surface area contributed by atoms with E-state index in [1.54, 1.807) is 18.7 Å². The summed E-state index contributed by atoms with van der Waals surface area (Å²) in [5, 5.41) is 2.91. The molecule has 0 radical (unpaired) electrons. The van der Waals surface area contributed by atoms with Gasteiger partial charge in [-0.1, -0.05) is 19.1 Å². The molecule has 0 atom stereocenters. The zero-order chi connectivity index (χ0) is 13.7. The van der Waals surface area contributed by atoms with E-state index in [9.17, 15) is 4.79 Å². The van der Waals surface area contributed by atoms with Crippen molar-refractivity contribution in [1.29, 1.82) is 0 Å². The third kappa shape index (κ3) is 3.32.